The monoisotopic (exact) mass is 212 g/mol. The van der Waals surface area contributed by atoms with Gasteiger partial charge in [0.15, 0.2) is 0 Å². The lowest BCUT2D eigenvalue weighted by molar-refractivity contribution is -0.0713. The van der Waals surface area contributed by atoms with Gasteiger partial charge in [-0.1, -0.05) is 6.92 Å². The first kappa shape index (κ1) is 9.68. The first-order valence-corrected chi connectivity index (χ1v) is 5.44. The molecule has 14 heavy (non-hydrogen) atoms. The number of carboxylic acid groups (broad SMARTS) is 1. The minimum absolute atomic E-state index is 0.254. The van der Waals surface area contributed by atoms with Gasteiger partial charge in [-0.05, 0) is 30.2 Å². The summed E-state index contributed by atoms with van der Waals surface area (Å²) in [5.74, 6) is -0.460. The minimum Gasteiger partial charge on any atom is -0.478 e. The van der Waals surface area contributed by atoms with Crippen molar-refractivity contribution < 1.29 is 15.0 Å². The second-order valence-corrected chi connectivity index (χ2v) is 4.93. The van der Waals surface area contributed by atoms with Crippen LogP contribution in [0.1, 0.15) is 35.0 Å². The van der Waals surface area contributed by atoms with Gasteiger partial charge >= 0.3 is 5.97 Å². The van der Waals surface area contributed by atoms with E-state index in [0.717, 1.165) is 0 Å². The second kappa shape index (κ2) is 3.07. The highest BCUT2D eigenvalue weighted by molar-refractivity contribution is 7.10. The molecular formula is C10H12O3S. The Kier molecular flexibility index (Phi) is 2.12. The Bertz CT molecular complexity index is 363. The molecule has 1 aliphatic rings. The van der Waals surface area contributed by atoms with Gasteiger partial charge in [-0.2, -0.15) is 0 Å². The molecule has 0 radical (unpaired) electrons. The maximum atomic E-state index is 10.8. The third-order valence-corrected chi connectivity index (χ3v) is 3.80. The Morgan fingerprint density at radius 2 is 2.29 bits per heavy atom. The van der Waals surface area contributed by atoms with Gasteiger partial charge in [0.1, 0.15) is 5.60 Å². The molecule has 1 fully saturated rings. The molecule has 0 aliphatic heterocycles. The van der Waals surface area contributed by atoms with Crippen LogP contribution in [0.15, 0.2) is 11.4 Å². The van der Waals surface area contributed by atoms with Crippen LogP contribution in [0.3, 0.4) is 0 Å². The van der Waals surface area contributed by atoms with Crippen molar-refractivity contribution >= 4 is 17.3 Å². The summed E-state index contributed by atoms with van der Waals surface area (Å²) in [4.78, 5) is 11.5. The summed E-state index contributed by atoms with van der Waals surface area (Å²) in [6, 6.07) is 1.56. The molecule has 0 amide bonds. The standard InChI is InChI=1S/C10H12O3S/c1-6-4-10(13,5-6)8-7(9(11)12)2-3-14-8/h2-3,6,13H,4-5H2,1H3,(H,11,12). The first-order valence-electron chi connectivity index (χ1n) is 4.56. The maximum absolute atomic E-state index is 10.8. The maximum Gasteiger partial charge on any atom is 0.336 e. The van der Waals surface area contributed by atoms with Crippen LogP contribution in [0.2, 0.25) is 0 Å². The predicted molar refractivity (Wildman–Crippen MR) is 53.6 cm³/mol. The van der Waals surface area contributed by atoms with Crippen LogP contribution < -0.4 is 0 Å². The Morgan fingerprint density at radius 3 is 2.79 bits per heavy atom. The number of rotatable bonds is 2. The van der Waals surface area contributed by atoms with Gasteiger partial charge in [0.05, 0.1) is 10.4 Å². The van der Waals surface area contributed by atoms with Gasteiger partial charge in [-0.25, -0.2) is 4.79 Å². The third kappa shape index (κ3) is 1.35. The van der Waals surface area contributed by atoms with E-state index < -0.39 is 11.6 Å². The molecule has 0 unspecified atom stereocenters. The predicted octanol–water partition coefficient (Wildman–Crippen LogP) is 2.06. The minimum atomic E-state index is -0.950. The molecule has 4 heteroatoms. The summed E-state index contributed by atoms with van der Waals surface area (Å²) in [5, 5.41) is 20.7. The quantitative estimate of drug-likeness (QED) is 0.789. The van der Waals surface area contributed by atoms with Crippen molar-refractivity contribution in [2.45, 2.75) is 25.4 Å². The zero-order valence-corrected chi connectivity index (χ0v) is 8.67. The molecule has 2 N–H and O–H groups in total. The fraction of sp³-hybridized carbons (Fsp3) is 0.500. The number of carbonyl (C=O) groups is 1. The van der Waals surface area contributed by atoms with Crippen molar-refractivity contribution in [2.75, 3.05) is 0 Å². The number of aliphatic hydroxyl groups is 1. The lowest BCUT2D eigenvalue weighted by Gasteiger charge is -2.41. The van der Waals surface area contributed by atoms with E-state index >= 15 is 0 Å². The normalized spacial score (nSPS) is 31.1. The van der Waals surface area contributed by atoms with E-state index in [1.54, 1.807) is 11.4 Å². The van der Waals surface area contributed by atoms with Crippen LogP contribution in [-0.4, -0.2) is 16.2 Å². The highest BCUT2D eigenvalue weighted by Crippen LogP contribution is 2.48. The molecule has 1 heterocycles. The second-order valence-electron chi connectivity index (χ2n) is 4.01. The van der Waals surface area contributed by atoms with Crippen molar-refractivity contribution in [1.29, 1.82) is 0 Å². The highest BCUT2D eigenvalue weighted by Gasteiger charge is 2.44. The molecule has 3 nitrogen and oxygen atoms in total. The van der Waals surface area contributed by atoms with Crippen LogP contribution in [-0.2, 0) is 5.60 Å². The van der Waals surface area contributed by atoms with E-state index in [-0.39, 0.29) is 5.56 Å². The zero-order valence-electron chi connectivity index (χ0n) is 7.86. The Hall–Kier alpha value is -0.870. The molecule has 0 aromatic carbocycles. The molecule has 1 saturated carbocycles. The molecule has 76 valence electrons. The average Bonchev–Trinajstić information content (AvgIpc) is 2.48. The Morgan fingerprint density at radius 1 is 1.64 bits per heavy atom. The molecule has 1 aromatic rings. The number of carboxylic acids is 1. The van der Waals surface area contributed by atoms with Crippen LogP contribution in [0.25, 0.3) is 0 Å². The molecule has 1 aromatic heterocycles. The van der Waals surface area contributed by atoms with Crippen molar-refractivity contribution in [2.24, 2.45) is 5.92 Å². The van der Waals surface area contributed by atoms with Gasteiger partial charge in [-0.3, -0.25) is 0 Å². The molecule has 0 saturated heterocycles. The molecule has 0 atom stereocenters. The summed E-state index contributed by atoms with van der Waals surface area (Å²) >= 11 is 1.33. The van der Waals surface area contributed by atoms with Gasteiger partial charge < -0.3 is 10.2 Å². The summed E-state index contributed by atoms with van der Waals surface area (Å²) < 4.78 is 0. The first-order chi connectivity index (χ1) is 6.53. The van der Waals surface area contributed by atoms with E-state index in [1.165, 1.54) is 11.3 Å². The van der Waals surface area contributed by atoms with E-state index in [9.17, 15) is 9.90 Å². The van der Waals surface area contributed by atoms with Crippen molar-refractivity contribution in [3.63, 3.8) is 0 Å². The summed E-state index contributed by atoms with van der Waals surface area (Å²) in [6.07, 6.45) is 1.35. The fourth-order valence-electron chi connectivity index (χ4n) is 2.12. The van der Waals surface area contributed by atoms with Crippen LogP contribution in [0.5, 0.6) is 0 Å². The van der Waals surface area contributed by atoms with E-state index in [4.69, 9.17) is 5.11 Å². The molecule has 2 rings (SSSR count). The van der Waals surface area contributed by atoms with Gasteiger partial charge in [-0.15, -0.1) is 11.3 Å². The van der Waals surface area contributed by atoms with Crippen LogP contribution in [0.4, 0.5) is 0 Å². The number of hydrogen-bond donors (Lipinski definition) is 2. The number of aromatic carboxylic acids is 1. The SMILES string of the molecule is CC1CC(O)(c2sccc2C(=O)O)C1. The molecule has 0 bridgehead atoms. The highest BCUT2D eigenvalue weighted by atomic mass is 32.1. The van der Waals surface area contributed by atoms with E-state index in [2.05, 4.69) is 6.92 Å². The number of thiophene rings is 1. The molecule has 0 spiro atoms. The summed E-state index contributed by atoms with van der Waals surface area (Å²) in [7, 11) is 0. The molecule has 1 aliphatic carbocycles. The zero-order chi connectivity index (χ0) is 10.3. The fourth-order valence-corrected chi connectivity index (χ4v) is 3.13. The van der Waals surface area contributed by atoms with E-state index in [1.807, 2.05) is 0 Å². The van der Waals surface area contributed by atoms with Crippen molar-refractivity contribution in [1.82, 2.24) is 0 Å². The lowest BCUT2D eigenvalue weighted by atomic mass is 9.70. The van der Waals surface area contributed by atoms with E-state index in [0.29, 0.717) is 23.6 Å². The van der Waals surface area contributed by atoms with Crippen LogP contribution in [0, 0.1) is 5.92 Å². The average molecular weight is 212 g/mol. The Labute approximate surface area is 86.0 Å². The number of hydrogen-bond acceptors (Lipinski definition) is 3. The molecular weight excluding hydrogens is 200 g/mol. The van der Waals surface area contributed by atoms with Crippen LogP contribution >= 0.6 is 11.3 Å². The van der Waals surface area contributed by atoms with Crippen molar-refractivity contribution in [3.05, 3.63) is 21.9 Å². The Balaban J connectivity index is 2.33. The van der Waals surface area contributed by atoms with Gasteiger partial charge in [0, 0.05) is 0 Å². The smallest absolute Gasteiger partial charge is 0.336 e. The van der Waals surface area contributed by atoms with Gasteiger partial charge in [0.2, 0.25) is 0 Å². The van der Waals surface area contributed by atoms with Gasteiger partial charge in [0.25, 0.3) is 0 Å². The third-order valence-electron chi connectivity index (χ3n) is 2.69. The lowest BCUT2D eigenvalue weighted by Crippen LogP contribution is -2.40. The largest absolute Gasteiger partial charge is 0.478 e. The summed E-state index contributed by atoms with van der Waals surface area (Å²) in [5.41, 5.74) is -0.620. The summed E-state index contributed by atoms with van der Waals surface area (Å²) in [6.45, 7) is 2.06. The van der Waals surface area contributed by atoms with Crippen molar-refractivity contribution in [3.8, 4) is 0 Å². The topological polar surface area (TPSA) is 57.5 Å².